The predicted octanol–water partition coefficient (Wildman–Crippen LogP) is 1.93. The molecule has 0 aliphatic rings. The van der Waals surface area contributed by atoms with E-state index in [1.165, 1.54) is 26.4 Å². The predicted molar refractivity (Wildman–Crippen MR) is 259 cm³/mol. The summed E-state index contributed by atoms with van der Waals surface area (Å²) in [7, 11) is 0. The number of benzene rings is 4. The third kappa shape index (κ3) is 14.1. The minimum absolute atomic E-state index is 0.00663. The smallest absolute Gasteiger partial charge is 0.326 e. The van der Waals surface area contributed by atoms with Gasteiger partial charge in [0.15, 0.2) is 0 Å². The molecule has 6 amide bonds. The molecule has 2 aromatic heterocycles. The average Bonchev–Trinajstić information content (AvgIpc) is 4.02. The standard InChI is InChI=1S/C50H59N11O8/c1-29(52)44(62)58-42(25-36-27-53-28-55-36)48(66)61-43(34-20-19-32-14-6-7-15-33(32)23-34)49(67)56-30(2)45(63)59-41(24-35-26-54-38-17-9-8-16-37(35)38)47(65)60-40(22-31-12-4-3-5-13-31)46(64)57-39(50(68)69)18-10-11-21-51/h3-9,12-17,19-20,23,26-30,39-43,54H,10-11,18,21-22,24-25,51-52H2,1-2H3,(H,53,55)(H,56,67)(H,57,64)(H,58,62)(H,59,63)(H,60,65)(H,61,66)(H,68,69)/t29-,30-,39-,40-,41-,42-,43?/m0/s1. The van der Waals surface area contributed by atoms with Gasteiger partial charge in [-0.15, -0.1) is 0 Å². The van der Waals surface area contributed by atoms with Crippen LogP contribution in [0.5, 0.6) is 0 Å². The zero-order valence-electron chi connectivity index (χ0n) is 38.4. The topological polar surface area (TPSA) is 308 Å². The lowest BCUT2D eigenvalue weighted by Gasteiger charge is -2.27. The SMILES string of the molecule is C[C@H](N)C(=O)N[C@@H](Cc1cnc[nH]1)C(=O)NC(C(=O)N[C@@H](C)C(=O)N[C@@H](Cc1c[nH]c2ccccc12)C(=O)N[C@@H](Cc1ccccc1)C(=O)N[C@@H](CCCCN)C(=O)O)c1ccc2ccccc2c1. The highest BCUT2D eigenvalue weighted by Gasteiger charge is 2.34. The van der Waals surface area contributed by atoms with Crippen molar-refractivity contribution in [3.63, 3.8) is 0 Å². The number of carbonyl (C=O) groups excluding carboxylic acids is 6. The van der Waals surface area contributed by atoms with E-state index in [4.69, 9.17) is 11.5 Å². The van der Waals surface area contributed by atoms with Gasteiger partial charge < -0.3 is 58.4 Å². The van der Waals surface area contributed by atoms with Crippen LogP contribution in [0.1, 0.15) is 61.5 Å². The van der Waals surface area contributed by atoms with Crippen LogP contribution in [0.4, 0.5) is 0 Å². The van der Waals surface area contributed by atoms with Gasteiger partial charge in [-0.2, -0.15) is 0 Å². The summed E-state index contributed by atoms with van der Waals surface area (Å²) >= 11 is 0. The summed E-state index contributed by atoms with van der Waals surface area (Å²) in [5.41, 5.74) is 14.5. The number of hydrogen-bond donors (Lipinski definition) is 11. The summed E-state index contributed by atoms with van der Waals surface area (Å²) in [4.78, 5) is 106. The molecule has 6 rings (SSSR count). The molecule has 6 aromatic rings. The Morgan fingerprint density at radius 1 is 0.623 bits per heavy atom. The Balaban J connectivity index is 1.26. The first-order valence-electron chi connectivity index (χ1n) is 22.8. The van der Waals surface area contributed by atoms with Crippen molar-refractivity contribution in [2.75, 3.05) is 6.54 Å². The van der Waals surface area contributed by atoms with Crippen molar-refractivity contribution in [3.05, 3.63) is 138 Å². The first kappa shape index (κ1) is 50.5. The molecule has 0 aliphatic heterocycles. The van der Waals surface area contributed by atoms with Gasteiger partial charge in [0.1, 0.15) is 36.3 Å². The number of carbonyl (C=O) groups is 7. The second kappa shape index (κ2) is 24.2. The number of nitrogens with zero attached hydrogens (tertiary/aromatic N) is 1. The second-order valence-corrected chi connectivity index (χ2v) is 17.0. The van der Waals surface area contributed by atoms with Crippen LogP contribution in [0, 0.1) is 0 Å². The normalized spacial score (nSPS) is 14.3. The molecule has 0 bridgehead atoms. The number of nitrogens with two attached hydrogens (primary N) is 2. The Kier molecular flexibility index (Phi) is 17.7. The molecule has 0 spiro atoms. The summed E-state index contributed by atoms with van der Waals surface area (Å²) in [5.74, 6) is -5.62. The zero-order valence-corrected chi connectivity index (χ0v) is 38.4. The van der Waals surface area contributed by atoms with Crippen molar-refractivity contribution in [1.29, 1.82) is 0 Å². The lowest BCUT2D eigenvalue weighted by atomic mass is 10.00. The third-order valence-electron chi connectivity index (χ3n) is 11.6. The number of fused-ring (bicyclic) bond motifs is 2. The second-order valence-electron chi connectivity index (χ2n) is 17.0. The van der Waals surface area contributed by atoms with Crippen molar-refractivity contribution in [2.24, 2.45) is 11.5 Å². The molecular weight excluding hydrogens is 883 g/mol. The molecular formula is C50H59N11O8. The number of imidazole rings is 1. The van der Waals surface area contributed by atoms with Gasteiger partial charge in [-0.25, -0.2) is 9.78 Å². The summed E-state index contributed by atoms with van der Waals surface area (Å²) in [6, 6.07) is 20.2. The Labute approximate surface area is 398 Å². The van der Waals surface area contributed by atoms with Gasteiger partial charge in [0.2, 0.25) is 35.4 Å². The van der Waals surface area contributed by atoms with E-state index < -0.39 is 83.7 Å². The highest BCUT2D eigenvalue weighted by molar-refractivity contribution is 5.98. The Morgan fingerprint density at radius 2 is 1.25 bits per heavy atom. The Bertz CT molecular complexity index is 2730. The number of nitrogens with one attached hydrogen (secondary N) is 8. The molecule has 362 valence electrons. The van der Waals surface area contributed by atoms with Crippen LogP contribution in [0.3, 0.4) is 0 Å². The van der Waals surface area contributed by atoms with Gasteiger partial charge in [0.25, 0.3) is 0 Å². The summed E-state index contributed by atoms with van der Waals surface area (Å²) in [5, 5.41) is 28.6. The molecule has 69 heavy (non-hydrogen) atoms. The van der Waals surface area contributed by atoms with Crippen molar-refractivity contribution in [3.8, 4) is 0 Å². The first-order chi connectivity index (χ1) is 33.2. The molecule has 0 radical (unpaired) electrons. The van der Waals surface area contributed by atoms with Crippen LogP contribution < -0.4 is 43.4 Å². The number of hydrogen-bond acceptors (Lipinski definition) is 10. The number of aromatic amines is 2. The van der Waals surface area contributed by atoms with Crippen LogP contribution in [0.15, 0.2) is 116 Å². The number of rotatable bonds is 24. The van der Waals surface area contributed by atoms with Gasteiger partial charge in [0.05, 0.1) is 12.4 Å². The van der Waals surface area contributed by atoms with Gasteiger partial charge in [-0.05, 0) is 79.3 Å². The van der Waals surface area contributed by atoms with Gasteiger partial charge in [0, 0.05) is 48.3 Å². The van der Waals surface area contributed by atoms with Gasteiger partial charge in [-0.3, -0.25) is 28.8 Å². The first-order valence-corrected chi connectivity index (χ1v) is 22.8. The fraction of sp³-hybridized carbons (Fsp3) is 0.320. The van der Waals surface area contributed by atoms with Crippen molar-refractivity contribution in [2.45, 2.75) is 94.7 Å². The molecule has 19 nitrogen and oxygen atoms in total. The molecule has 4 aromatic carbocycles. The van der Waals surface area contributed by atoms with E-state index in [1.807, 2.05) is 48.5 Å². The Morgan fingerprint density at radius 3 is 1.94 bits per heavy atom. The molecule has 7 atom stereocenters. The van der Waals surface area contributed by atoms with Crippen molar-refractivity contribution < 1.29 is 38.7 Å². The van der Waals surface area contributed by atoms with E-state index in [9.17, 15) is 38.7 Å². The van der Waals surface area contributed by atoms with E-state index in [0.717, 1.165) is 21.7 Å². The maximum Gasteiger partial charge on any atom is 0.326 e. The quantitative estimate of drug-likeness (QED) is 0.0390. The van der Waals surface area contributed by atoms with E-state index >= 15 is 0 Å². The van der Waals surface area contributed by atoms with E-state index in [1.54, 1.807) is 54.7 Å². The minimum Gasteiger partial charge on any atom is -0.480 e. The minimum atomic E-state index is -1.39. The number of amides is 6. The van der Waals surface area contributed by atoms with Crippen LogP contribution in [-0.4, -0.2) is 104 Å². The lowest BCUT2D eigenvalue weighted by Crippen LogP contribution is -2.59. The molecule has 0 fully saturated rings. The Hall–Kier alpha value is -7.90. The number of H-pyrrole nitrogens is 2. The van der Waals surface area contributed by atoms with Crippen molar-refractivity contribution in [1.82, 2.24) is 46.9 Å². The molecule has 0 saturated carbocycles. The highest BCUT2D eigenvalue weighted by Crippen LogP contribution is 2.23. The van der Waals surface area contributed by atoms with E-state index in [2.05, 4.69) is 46.9 Å². The van der Waals surface area contributed by atoms with Crippen LogP contribution in [-0.2, 0) is 52.8 Å². The zero-order chi connectivity index (χ0) is 49.5. The van der Waals surface area contributed by atoms with Crippen molar-refractivity contribution >= 4 is 63.1 Å². The van der Waals surface area contributed by atoms with Crippen LogP contribution in [0.2, 0.25) is 0 Å². The van der Waals surface area contributed by atoms with Gasteiger partial charge >= 0.3 is 5.97 Å². The molecule has 13 N–H and O–H groups in total. The summed E-state index contributed by atoms with van der Waals surface area (Å²) in [6.07, 6.45) is 5.68. The number of carboxylic acid groups (broad SMARTS) is 1. The number of aliphatic carboxylic acids is 1. The number of carboxylic acids is 1. The molecule has 2 heterocycles. The van der Waals surface area contributed by atoms with Gasteiger partial charge in [-0.1, -0.05) is 84.9 Å². The van der Waals surface area contributed by atoms with E-state index in [0.29, 0.717) is 41.8 Å². The fourth-order valence-corrected chi connectivity index (χ4v) is 7.80. The monoisotopic (exact) mass is 941 g/mol. The van der Waals surface area contributed by atoms with Crippen LogP contribution >= 0.6 is 0 Å². The highest BCUT2D eigenvalue weighted by atomic mass is 16.4. The lowest BCUT2D eigenvalue weighted by molar-refractivity contribution is -0.142. The maximum absolute atomic E-state index is 14.5. The largest absolute Gasteiger partial charge is 0.480 e. The molecule has 0 aliphatic carbocycles. The number of unbranched alkanes of at least 4 members (excludes halogenated alkanes) is 1. The number of aromatic nitrogens is 3. The number of para-hydroxylation sites is 1. The molecule has 19 heteroatoms. The summed E-state index contributed by atoms with van der Waals surface area (Å²) < 4.78 is 0. The molecule has 0 saturated heterocycles. The third-order valence-corrected chi connectivity index (χ3v) is 11.6. The average molecular weight is 942 g/mol. The van der Waals surface area contributed by atoms with Crippen LogP contribution in [0.25, 0.3) is 21.7 Å². The maximum atomic E-state index is 14.5. The fourth-order valence-electron chi connectivity index (χ4n) is 7.80. The van der Waals surface area contributed by atoms with E-state index in [-0.39, 0.29) is 25.7 Å². The molecule has 1 unspecified atom stereocenters. The summed E-state index contributed by atoms with van der Waals surface area (Å²) in [6.45, 7) is 3.24.